The highest BCUT2D eigenvalue weighted by molar-refractivity contribution is 5.95. The summed E-state index contributed by atoms with van der Waals surface area (Å²) in [5, 5.41) is 17.7. The van der Waals surface area contributed by atoms with Crippen molar-refractivity contribution in [2.24, 2.45) is 5.92 Å². The van der Waals surface area contributed by atoms with Gasteiger partial charge in [0, 0.05) is 6.04 Å². The minimum absolute atomic E-state index is 0.00136. The average molecular weight is 354 g/mol. The monoisotopic (exact) mass is 354 g/mol. The standard InChI is InChI=1S/C19H22N4O3/c1-12-5-4-7-14(9-12)22-11-15(20-21-22)18(24)23-16-8-3-2-6-13(16)10-17(23)19(25)26/h4-5,7,9,11,13,16-17H,2-3,6,8,10H2,1H3,(H,25,26). The number of benzene rings is 1. The smallest absolute Gasteiger partial charge is 0.326 e. The number of likely N-dealkylation sites (tertiary alicyclic amines) is 1. The number of aryl methyl sites for hydroxylation is 1. The summed E-state index contributed by atoms with van der Waals surface area (Å²) in [4.78, 5) is 26.3. The number of rotatable bonds is 3. The summed E-state index contributed by atoms with van der Waals surface area (Å²) in [6, 6.07) is 6.99. The third-order valence-corrected chi connectivity index (χ3v) is 5.59. The summed E-state index contributed by atoms with van der Waals surface area (Å²) >= 11 is 0. The number of carbonyl (C=O) groups excluding carboxylic acids is 1. The number of amides is 1. The number of carboxylic acids is 1. The molecule has 1 aliphatic heterocycles. The van der Waals surface area contributed by atoms with Gasteiger partial charge in [0.15, 0.2) is 5.69 Å². The van der Waals surface area contributed by atoms with Crippen LogP contribution in [0.3, 0.4) is 0 Å². The summed E-state index contributed by atoms with van der Waals surface area (Å²) in [6.45, 7) is 1.98. The van der Waals surface area contributed by atoms with Crippen LogP contribution in [0.15, 0.2) is 30.5 Å². The van der Waals surface area contributed by atoms with E-state index in [4.69, 9.17) is 0 Å². The van der Waals surface area contributed by atoms with E-state index >= 15 is 0 Å². The van der Waals surface area contributed by atoms with E-state index in [0.717, 1.165) is 36.9 Å². The Morgan fingerprint density at radius 3 is 2.81 bits per heavy atom. The second kappa shape index (κ2) is 6.55. The molecule has 26 heavy (non-hydrogen) atoms. The molecule has 0 spiro atoms. The van der Waals surface area contributed by atoms with Crippen molar-refractivity contribution in [2.75, 3.05) is 0 Å². The van der Waals surface area contributed by atoms with Crippen LogP contribution in [0.2, 0.25) is 0 Å². The Hall–Kier alpha value is -2.70. The zero-order valence-electron chi connectivity index (χ0n) is 14.7. The molecule has 4 rings (SSSR count). The van der Waals surface area contributed by atoms with Gasteiger partial charge in [-0.3, -0.25) is 4.79 Å². The van der Waals surface area contributed by atoms with Gasteiger partial charge in [0.1, 0.15) is 6.04 Å². The molecule has 1 saturated heterocycles. The van der Waals surface area contributed by atoms with Gasteiger partial charge in [0.2, 0.25) is 0 Å². The fourth-order valence-electron chi connectivity index (χ4n) is 4.36. The maximum absolute atomic E-state index is 13.1. The number of aliphatic carboxylic acids is 1. The minimum atomic E-state index is -0.932. The van der Waals surface area contributed by atoms with E-state index < -0.39 is 12.0 Å². The Balaban J connectivity index is 1.63. The van der Waals surface area contributed by atoms with Crippen molar-refractivity contribution < 1.29 is 14.7 Å². The van der Waals surface area contributed by atoms with E-state index in [1.807, 2.05) is 31.2 Å². The lowest BCUT2D eigenvalue weighted by molar-refractivity contribution is -0.141. The molecule has 1 aromatic heterocycles. The second-order valence-corrected chi connectivity index (χ2v) is 7.30. The van der Waals surface area contributed by atoms with Gasteiger partial charge >= 0.3 is 5.97 Å². The Labute approximate surface area is 151 Å². The fourth-order valence-corrected chi connectivity index (χ4v) is 4.36. The molecule has 2 aliphatic rings. The molecule has 136 valence electrons. The summed E-state index contributed by atoms with van der Waals surface area (Å²) in [6.07, 6.45) is 6.14. The van der Waals surface area contributed by atoms with Crippen LogP contribution in [0, 0.1) is 12.8 Å². The van der Waals surface area contributed by atoms with Gasteiger partial charge in [-0.05, 0) is 49.8 Å². The van der Waals surface area contributed by atoms with Crippen molar-refractivity contribution in [3.05, 3.63) is 41.7 Å². The molecule has 0 bridgehead atoms. The summed E-state index contributed by atoms with van der Waals surface area (Å²) in [5.74, 6) is -0.981. The Kier molecular flexibility index (Phi) is 4.22. The number of carbonyl (C=O) groups is 2. The molecular weight excluding hydrogens is 332 g/mol. The van der Waals surface area contributed by atoms with Gasteiger partial charge in [-0.2, -0.15) is 0 Å². The molecule has 2 aromatic rings. The lowest BCUT2D eigenvalue weighted by Gasteiger charge is -2.32. The molecule has 1 amide bonds. The number of fused-ring (bicyclic) bond motifs is 1. The maximum atomic E-state index is 13.1. The van der Waals surface area contributed by atoms with Gasteiger partial charge in [-0.25, -0.2) is 9.48 Å². The predicted octanol–water partition coefficient (Wildman–Crippen LogP) is 2.43. The van der Waals surface area contributed by atoms with Gasteiger partial charge in [-0.15, -0.1) is 5.10 Å². The highest BCUT2D eigenvalue weighted by atomic mass is 16.4. The van der Waals surface area contributed by atoms with Crippen molar-refractivity contribution in [3.8, 4) is 5.69 Å². The summed E-state index contributed by atoms with van der Waals surface area (Å²) < 4.78 is 1.56. The van der Waals surface area contributed by atoms with Crippen molar-refractivity contribution in [1.29, 1.82) is 0 Å². The number of nitrogens with zero attached hydrogens (tertiary/aromatic N) is 4. The van der Waals surface area contributed by atoms with Crippen LogP contribution in [-0.4, -0.2) is 49.0 Å². The van der Waals surface area contributed by atoms with Gasteiger partial charge in [0.25, 0.3) is 5.91 Å². The predicted molar refractivity (Wildman–Crippen MR) is 94.1 cm³/mol. The third-order valence-electron chi connectivity index (χ3n) is 5.59. The van der Waals surface area contributed by atoms with Crippen LogP contribution in [0.4, 0.5) is 0 Å². The largest absolute Gasteiger partial charge is 0.480 e. The molecule has 1 aromatic carbocycles. The van der Waals surface area contributed by atoms with Crippen LogP contribution in [-0.2, 0) is 4.79 Å². The van der Waals surface area contributed by atoms with Gasteiger partial charge < -0.3 is 10.0 Å². The minimum Gasteiger partial charge on any atom is -0.480 e. The van der Waals surface area contributed by atoms with Crippen molar-refractivity contribution in [2.45, 2.75) is 51.1 Å². The maximum Gasteiger partial charge on any atom is 0.326 e. The molecule has 3 unspecified atom stereocenters. The van der Waals surface area contributed by atoms with Crippen molar-refractivity contribution >= 4 is 11.9 Å². The second-order valence-electron chi connectivity index (χ2n) is 7.30. The first kappa shape index (κ1) is 16.8. The zero-order chi connectivity index (χ0) is 18.3. The Morgan fingerprint density at radius 1 is 1.23 bits per heavy atom. The molecule has 1 N–H and O–H groups in total. The average Bonchev–Trinajstić information content (AvgIpc) is 3.26. The number of hydrogen-bond acceptors (Lipinski definition) is 4. The van der Waals surface area contributed by atoms with Gasteiger partial charge in [0.05, 0.1) is 11.9 Å². The quantitative estimate of drug-likeness (QED) is 0.914. The fraction of sp³-hybridized carbons (Fsp3) is 0.474. The Bertz CT molecular complexity index is 847. The van der Waals surface area contributed by atoms with Crippen LogP contribution in [0.5, 0.6) is 0 Å². The summed E-state index contributed by atoms with van der Waals surface area (Å²) in [5.41, 5.74) is 2.11. The molecule has 3 atom stereocenters. The first-order chi connectivity index (χ1) is 12.5. The highest BCUT2D eigenvalue weighted by Crippen LogP contribution is 2.40. The van der Waals surface area contributed by atoms with Crippen LogP contribution >= 0.6 is 0 Å². The highest BCUT2D eigenvalue weighted by Gasteiger charge is 2.48. The molecule has 2 heterocycles. The van der Waals surface area contributed by atoms with Crippen LogP contribution < -0.4 is 0 Å². The number of hydrogen-bond donors (Lipinski definition) is 1. The van der Waals surface area contributed by atoms with E-state index in [1.165, 1.54) is 0 Å². The van der Waals surface area contributed by atoms with Crippen LogP contribution in [0.1, 0.15) is 48.2 Å². The van der Waals surface area contributed by atoms with E-state index in [9.17, 15) is 14.7 Å². The first-order valence-electron chi connectivity index (χ1n) is 9.09. The lowest BCUT2D eigenvalue weighted by atomic mass is 9.84. The molecule has 0 radical (unpaired) electrons. The van der Waals surface area contributed by atoms with E-state index in [1.54, 1.807) is 15.8 Å². The molecule has 7 heteroatoms. The SMILES string of the molecule is Cc1cccc(-n2cc(C(=O)N3C(C(=O)O)CC4CCCCC43)nn2)c1. The normalized spacial score (nSPS) is 25.1. The van der Waals surface area contributed by atoms with E-state index in [0.29, 0.717) is 6.42 Å². The van der Waals surface area contributed by atoms with Crippen molar-refractivity contribution in [1.82, 2.24) is 19.9 Å². The van der Waals surface area contributed by atoms with E-state index in [-0.39, 0.29) is 23.6 Å². The number of carboxylic acid groups (broad SMARTS) is 1. The van der Waals surface area contributed by atoms with Gasteiger partial charge in [-0.1, -0.05) is 30.2 Å². The molecule has 7 nitrogen and oxygen atoms in total. The number of aromatic nitrogens is 3. The van der Waals surface area contributed by atoms with Crippen LogP contribution in [0.25, 0.3) is 5.69 Å². The lowest BCUT2D eigenvalue weighted by Crippen LogP contribution is -2.46. The molecular formula is C19H22N4O3. The molecule has 2 fully saturated rings. The summed E-state index contributed by atoms with van der Waals surface area (Å²) in [7, 11) is 0. The molecule has 1 saturated carbocycles. The Morgan fingerprint density at radius 2 is 2.04 bits per heavy atom. The van der Waals surface area contributed by atoms with E-state index in [2.05, 4.69) is 10.3 Å². The topological polar surface area (TPSA) is 88.3 Å². The third kappa shape index (κ3) is 2.87. The van der Waals surface area contributed by atoms with Crippen molar-refractivity contribution in [3.63, 3.8) is 0 Å². The molecule has 1 aliphatic carbocycles. The first-order valence-corrected chi connectivity index (χ1v) is 9.09. The zero-order valence-corrected chi connectivity index (χ0v) is 14.7.